The molecular formula is C33H22Cl2F5NOZr. The van der Waals surface area contributed by atoms with E-state index in [1.54, 1.807) is 6.07 Å². The van der Waals surface area contributed by atoms with Crippen LogP contribution in [0.15, 0.2) is 108 Å². The van der Waals surface area contributed by atoms with Gasteiger partial charge in [0.2, 0.25) is 5.82 Å². The molecule has 0 aliphatic heterocycles. The van der Waals surface area contributed by atoms with Crippen molar-refractivity contribution >= 4 is 28.9 Å². The minimum atomic E-state index is -2.27. The molecule has 5 aromatic rings. The fourth-order valence-electron chi connectivity index (χ4n) is 4.80. The van der Waals surface area contributed by atoms with Crippen LogP contribution in [0.2, 0.25) is 0 Å². The van der Waals surface area contributed by atoms with Crippen molar-refractivity contribution in [1.29, 1.82) is 0 Å². The van der Waals surface area contributed by atoms with Gasteiger partial charge >= 0.3 is 37.9 Å². The Bertz CT molecular complexity index is 1670. The number of hydrogen-bond donors (Lipinski definition) is 1. The van der Waals surface area contributed by atoms with Crippen LogP contribution >= 0.6 is 17.0 Å². The molecule has 5 rings (SSSR count). The molecule has 0 fully saturated rings. The van der Waals surface area contributed by atoms with Crippen LogP contribution in [0.25, 0.3) is 11.1 Å². The van der Waals surface area contributed by atoms with Crippen molar-refractivity contribution < 1.29 is 47.9 Å². The fraction of sp³-hybridized carbons (Fsp3) is 0.0606. The van der Waals surface area contributed by atoms with Crippen molar-refractivity contribution in [1.82, 2.24) is 0 Å². The Morgan fingerprint density at radius 1 is 0.651 bits per heavy atom. The van der Waals surface area contributed by atoms with Crippen LogP contribution in [-0.4, -0.2) is 11.3 Å². The second kappa shape index (κ2) is 14.4. The summed E-state index contributed by atoms with van der Waals surface area (Å²) in [6.45, 7) is 1.94. The summed E-state index contributed by atoms with van der Waals surface area (Å²) in [4.78, 5) is 3.62. The number of rotatable bonds is 6. The van der Waals surface area contributed by atoms with E-state index in [9.17, 15) is 27.1 Å². The molecule has 218 valence electrons. The van der Waals surface area contributed by atoms with Crippen molar-refractivity contribution in [3.05, 3.63) is 154 Å². The van der Waals surface area contributed by atoms with E-state index in [4.69, 9.17) is 17.0 Å². The molecular weight excluding hydrogens is 683 g/mol. The monoisotopic (exact) mass is 703 g/mol. The Hall–Kier alpha value is -3.32. The van der Waals surface area contributed by atoms with Crippen LogP contribution in [0.3, 0.4) is 0 Å². The normalized spacial score (nSPS) is 11.3. The molecule has 0 radical (unpaired) electrons. The molecule has 5 aromatic carbocycles. The Morgan fingerprint density at radius 3 is 1.53 bits per heavy atom. The third-order valence-electron chi connectivity index (χ3n) is 7.01. The van der Waals surface area contributed by atoms with E-state index < -0.39 is 61.0 Å². The number of hydrogen-bond acceptors (Lipinski definition) is 2. The van der Waals surface area contributed by atoms with E-state index in [1.165, 1.54) is 0 Å². The molecule has 0 aromatic heterocycles. The van der Waals surface area contributed by atoms with Gasteiger partial charge in [-0.25, -0.2) is 26.9 Å². The minimum absolute atomic E-state index is 0.0263. The number of phenolic OH excluding ortho intramolecular Hbond substituents is 1. The Kier molecular flexibility index (Phi) is 10.9. The van der Waals surface area contributed by atoms with Gasteiger partial charge in [0.1, 0.15) is 11.4 Å². The van der Waals surface area contributed by atoms with Gasteiger partial charge in [-0.15, -0.1) is 0 Å². The summed E-state index contributed by atoms with van der Waals surface area (Å²) in [5.41, 5.74) is 1.34. The van der Waals surface area contributed by atoms with Gasteiger partial charge in [-0.1, -0.05) is 91.0 Å². The van der Waals surface area contributed by atoms with Crippen molar-refractivity contribution in [3.63, 3.8) is 0 Å². The molecule has 0 bridgehead atoms. The summed E-state index contributed by atoms with van der Waals surface area (Å²) in [6.07, 6.45) is 0.903. The third kappa shape index (κ3) is 6.77. The van der Waals surface area contributed by atoms with Crippen LogP contribution < -0.4 is 0 Å². The van der Waals surface area contributed by atoms with Gasteiger partial charge in [0.25, 0.3) is 0 Å². The second-order valence-electron chi connectivity index (χ2n) is 9.43. The molecule has 0 saturated carbocycles. The van der Waals surface area contributed by atoms with E-state index in [2.05, 4.69) is 4.99 Å². The first-order valence-corrected chi connectivity index (χ1v) is 19.0. The van der Waals surface area contributed by atoms with Gasteiger partial charge in [-0.05, 0) is 41.3 Å². The van der Waals surface area contributed by atoms with Crippen molar-refractivity contribution in [2.75, 3.05) is 0 Å². The zero-order chi connectivity index (χ0) is 31.1. The number of benzene rings is 5. The molecule has 43 heavy (non-hydrogen) atoms. The van der Waals surface area contributed by atoms with Crippen LogP contribution in [0.5, 0.6) is 5.75 Å². The molecule has 2 nitrogen and oxygen atoms in total. The van der Waals surface area contributed by atoms with Crippen LogP contribution in [0.1, 0.15) is 29.2 Å². The molecule has 0 saturated heterocycles. The maximum absolute atomic E-state index is 14.4. The van der Waals surface area contributed by atoms with E-state index >= 15 is 0 Å². The van der Waals surface area contributed by atoms with Crippen LogP contribution in [-0.2, 0) is 26.3 Å². The van der Waals surface area contributed by atoms with E-state index in [0.717, 1.165) is 22.9 Å². The quantitative estimate of drug-likeness (QED) is 0.0616. The molecule has 0 atom stereocenters. The standard InChI is InChI=1S/C33H22F5NO.2ClH.Zr/c1-33(23-13-7-3-8-14-23,24-15-9-4-10-16-24)25-18-21(20-11-5-2-6-12-20)17-22(32(25)40)19-39-31-29(37)27(35)26(34)28(36)30(31)38;;;/h2-19,40H,1H3;2*1H;/q;;;+2/p-2. The number of aromatic hydroxyl groups is 1. The Balaban J connectivity index is 0.00000135. The number of phenols is 1. The predicted octanol–water partition coefficient (Wildman–Crippen LogP) is 10.2. The van der Waals surface area contributed by atoms with Crippen molar-refractivity contribution in [2.45, 2.75) is 12.3 Å². The third-order valence-corrected chi connectivity index (χ3v) is 7.01. The van der Waals surface area contributed by atoms with E-state index in [0.29, 0.717) is 11.1 Å². The Morgan fingerprint density at radius 2 is 1.07 bits per heavy atom. The van der Waals surface area contributed by atoms with Gasteiger partial charge in [0, 0.05) is 22.8 Å². The van der Waals surface area contributed by atoms with Crippen molar-refractivity contribution in [2.24, 2.45) is 4.99 Å². The van der Waals surface area contributed by atoms with E-state index in [-0.39, 0.29) is 11.3 Å². The fourth-order valence-corrected chi connectivity index (χ4v) is 4.80. The summed E-state index contributed by atoms with van der Waals surface area (Å²) in [5.74, 6) is -10.9. The first kappa shape index (κ1) is 32.6. The van der Waals surface area contributed by atoms with Gasteiger partial charge in [-0.3, -0.25) is 0 Å². The van der Waals surface area contributed by atoms with Gasteiger partial charge in [-0.2, -0.15) is 0 Å². The molecule has 1 N–H and O–H groups in total. The number of halogens is 7. The first-order chi connectivity index (χ1) is 20.6. The summed E-state index contributed by atoms with van der Waals surface area (Å²) in [5, 5.41) is 11.6. The van der Waals surface area contributed by atoms with Crippen LogP contribution in [0, 0.1) is 29.1 Å². The second-order valence-corrected chi connectivity index (χ2v) is 13.2. The molecule has 0 unspecified atom stereocenters. The summed E-state index contributed by atoms with van der Waals surface area (Å²) in [6, 6.07) is 31.5. The van der Waals surface area contributed by atoms with Crippen LogP contribution in [0.4, 0.5) is 27.6 Å². The van der Waals surface area contributed by atoms with Gasteiger partial charge < -0.3 is 5.11 Å². The van der Waals surface area contributed by atoms with Crippen molar-refractivity contribution in [3.8, 4) is 16.9 Å². The van der Waals surface area contributed by atoms with Gasteiger partial charge in [0.05, 0.1) is 0 Å². The molecule has 10 heteroatoms. The van der Waals surface area contributed by atoms with Gasteiger partial charge in [0.15, 0.2) is 23.3 Å². The maximum atomic E-state index is 14.4. The molecule has 0 aliphatic rings. The predicted molar refractivity (Wildman–Crippen MR) is 157 cm³/mol. The molecule has 0 aliphatic carbocycles. The molecule has 0 heterocycles. The zero-order valence-corrected chi connectivity index (χ0v) is 26.4. The average molecular weight is 706 g/mol. The molecule has 0 amide bonds. The first-order valence-electron chi connectivity index (χ1n) is 12.7. The summed E-state index contributed by atoms with van der Waals surface area (Å²) < 4.78 is 69.9. The Labute approximate surface area is 264 Å². The topological polar surface area (TPSA) is 32.6 Å². The van der Waals surface area contributed by atoms with E-state index in [1.807, 2.05) is 104 Å². The molecule has 0 spiro atoms. The number of nitrogens with zero attached hydrogens (tertiary/aromatic N) is 1. The number of aliphatic imine (C=N–C) groups is 1. The summed E-state index contributed by atoms with van der Waals surface area (Å²) in [7, 11) is 9.87. The average Bonchev–Trinajstić information content (AvgIpc) is 3.04. The zero-order valence-electron chi connectivity index (χ0n) is 22.4. The SMILES string of the molecule is CC(c1ccccc1)(c1ccccc1)c1cc(-c2ccccc2)cc(C=Nc2c(F)c(F)c(F)c(F)c2F)c1O.[Cl][Zr][Cl]. The summed E-state index contributed by atoms with van der Waals surface area (Å²) >= 11 is -0.826.